The first kappa shape index (κ1) is 17.6. The standard InChI is InChI=1S/C16H30N2OS/c1-7-12(8-2)15-18-14(16(3,4)5)13(20-15)11-17-9-10-19-6/h12,17H,7-11H2,1-6H3. The van der Waals surface area contributed by atoms with E-state index in [1.807, 2.05) is 11.3 Å². The fourth-order valence-electron chi connectivity index (χ4n) is 2.26. The number of hydrogen-bond donors (Lipinski definition) is 1. The van der Waals surface area contributed by atoms with Crippen LogP contribution >= 0.6 is 11.3 Å². The Morgan fingerprint density at radius 3 is 2.40 bits per heavy atom. The summed E-state index contributed by atoms with van der Waals surface area (Å²) < 4.78 is 5.08. The summed E-state index contributed by atoms with van der Waals surface area (Å²) in [5, 5.41) is 4.76. The van der Waals surface area contributed by atoms with Gasteiger partial charge in [0.15, 0.2) is 0 Å². The van der Waals surface area contributed by atoms with Crippen molar-refractivity contribution >= 4 is 11.3 Å². The van der Waals surface area contributed by atoms with Gasteiger partial charge in [-0.2, -0.15) is 0 Å². The van der Waals surface area contributed by atoms with Gasteiger partial charge in [0.05, 0.1) is 17.3 Å². The smallest absolute Gasteiger partial charge is 0.0962 e. The molecule has 0 aliphatic carbocycles. The average molecular weight is 298 g/mol. The van der Waals surface area contributed by atoms with Crippen LogP contribution in [0.15, 0.2) is 0 Å². The molecule has 1 aromatic heterocycles. The highest BCUT2D eigenvalue weighted by molar-refractivity contribution is 7.11. The summed E-state index contributed by atoms with van der Waals surface area (Å²) in [5.74, 6) is 0.605. The lowest BCUT2D eigenvalue weighted by Gasteiger charge is -2.18. The molecule has 3 nitrogen and oxygen atoms in total. The Morgan fingerprint density at radius 1 is 1.25 bits per heavy atom. The first-order valence-electron chi connectivity index (χ1n) is 7.63. The largest absolute Gasteiger partial charge is 0.383 e. The fourth-order valence-corrected chi connectivity index (χ4v) is 3.78. The van der Waals surface area contributed by atoms with Crippen LogP contribution in [0, 0.1) is 0 Å². The van der Waals surface area contributed by atoms with E-state index in [9.17, 15) is 0 Å². The highest BCUT2D eigenvalue weighted by atomic mass is 32.1. The maximum Gasteiger partial charge on any atom is 0.0962 e. The first-order chi connectivity index (χ1) is 9.43. The Kier molecular flexibility index (Phi) is 7.13. The van der Waals surface area contributed by atoms with Gasteiger partial charge in [-0.15, -0.1) is 11.3 Å². The molecule has 116 valence electrons. The molecule has 0 saturated carbocycles. The Hall–Kier alpha value is -0.450. The molecule has 0 fully saturated rings. The Balaban J connectivity index is 2.89. The fraction of sp³-hybridized carbons (Fsp3) is 0.812. The van der Waals surface area contributed by atoms with Gasteiger partial charge in [-0.25, -0.2) is 4.98 Å². The summed E-state index contributed by atoms with van der Waals surface area (Å²) in [6, 6.07) is 0. The lowest BCUT2D eigenvalue weighted by molar-refractivity contribution is 0.199. The van der Waals surface area contributed by atoms with Crippen LogP contribution in [0.4, 0.5) is 0 Å². The molecule has 0 spiro atoms. The minimum Gasteiger partial charge on any atom is -0.383 e. The molecule has 1 heterocycles. The molecule has 1 N–H and O–H groups in total. The van der Waals surface area contributed by atoms with E-state index in [-0.39, 0.29) is 5.41 Å². The number of nitrogens with one attached hydrogen (secondary N) is 1. The number of aromatic nitrogens is 1. The number of nitrogens with zero attached hydrogens (tertiary/aromatic N) is 1. The molecule has 0 unspecified atom stereocenters. The van der Waals surface area contributed by atoms with E-state index in [0.29, 0.717) is 5.92 Å². The Morgan fingerprint density at radius 2 is 1.90 bits per heavy atom. The second-order valence-corrected chi connectivity index (χ2v) is 7.37. The second-order valence-electron chi connectivity index (χ2n) is 6.26. The zero-order valence-corrected chi connectivity index (χ0v) is 14.7. The van der Waals surface area contributed by atoms with Crippen molar-refractivity contribution in [1.82, 2.24) is 10.3 Å². The highest BCUT2D eigenvalue weighted by Crippen LogP contribution is 2.34. The summed E-state index contributed by atoms with van der Waals surface area (Å²) in [5.41, 5.74) is 1.37. The summed E-state index contributed by atoms with van der Waals surface area (Å²) in [6.45, 7) is 13.8. The van der Waals surface area contributed by atoms with Crippen LogP contribution in [0.1, 0.15) is 69.0 Å². The van der Waals surface area contributed by atoms with Gasteiger partial charge >= 0.3 is 0 Å². The van der Waals surface area contributed by atoms with Crippen LogP contribution in [0.3, 0.4) is 0 Å². The molecule has 1 aromatic rings. The zero-order valence-electron chi connectivity index (χ0n) is 13.9. The van der Waals surface area contributed by atoms with Crippen molar-refractivity contribution in [2.75, 3.05) is 20.3 Å². The number of thiazole rings is 1. The van der Waals surface area contributed by atoms with E-state index in [0.717, 1.165) is 19.7 Å². The molecule has 4 heteroatoms. The molecular weight excluding hydrogens is 268 g/mol. The number of methoxy groups -OCH3 is 1. The average Bonchev–Trinajstić information content (AvgIpc) is 2.80. The quantitative estimate of drug-likeness (QED) is 0.734. The Labute approximate surface area is 128 Å². The summed E-state index contributed by atoms with van der Waals surface area (Å²) in [6.07, 6.45) is 2.34. The molecule has 1 rings (SSSR count). The Bertz CT molecular complexity index is 392. The van der Waals surface area contributed by atoms with Crippen molar-refractivity contribution in [3.8, 4) is 0 Å². The van der Waals surface area contributed by atoms with Gasteiger partial charge in [0.25, 0.3) is 0 Å². The van der Waals surface area contributed by atoms with Gasteiger partial charge in [-0.05, 0) is 12.8 Å². The first-order valence-corrected chi connectivity index (χ1v) is 8.45. The normalized spacial score (nSPS) is 12.3. The number of rotatable bonds is 8. The van der Waals surface area contributed by atoms with Crippen LogP contribution in [0.25, 0.3) is 0 Å². The molecule has 0 aromatic carbocycles. The van der Waals surface area contributed by atoms with Crippen LogP contribution in [-0.2, 0) is 16.7 Å². The third-order valence-electron chi connectivity index (χ3n) is 3.53. The van der Waals surface area contributed by atoms with Crippen molar-refractivity contribution in [2.45, 2.75) is 65.3 Å². The van der Waals surface area contributed by atoms with Gasteiger partial charge in [0.2, 0.25) is 0 Å². The molecule has 0 bridgehead atoms. The summed E-state index contributed by atoms with van der Waals surface area (Å²) in [7, 11) is 1.74. The lowest BCUT2D eigenvalue weighted by atomic mass is 9.91. The molecule has 0 saturated heterocycles. The summed E-state index contributed by atoms with van der Waals surface area (Å²) in [4.78, 5) is 6.35. The van der Waals surface area contributed by atoms with E-state index in [1.54, 1.807) is 7.11 Å². The van der Waals surface area contributed by atoms with E-state index in [2.05, 4.69) is 39.9 Å². The van der Waals surface area contributed by atoms with Crippen LogP contribution in [0.2, 0.25) is 0 Å². The van der Waals surface area contributed by atoms with E-state index in [4.69, 9.17) is 9.72 Å². The van der Waals surface area contributed by atoms with Crippen LogP contribution in [-0.4, -0.2) is 25.2 Å². The predicted molar refractivity (Wildman–Crippen MR) is 87.7 cm³/mol. The van der Waals surface area contributed by atoms with Gasteiger partial charge in [0.1, 0.15) is 0 Å². The van der Waals surface area contributed by atoms with E-state index < -0.39 is 0 Å². The predicted octanol–water partition coefficient (Wildman–Crippen LogP) is 4.08. The third kappa shape index (κ3) is 4.83. The van der Waals surface area contributed by atoms with Crippen molar-refractivity contribution in [3.05, 3.63) is 15.6 Å². The van der Waals surface area contributed by atoms with Crippen LogP contribution in [0.5, 0.6) is 0 Å². The van der Waals surface area contributed by atoms with Gasteiger partial charge < -0.3 is 10.1 Å². The van der Waals surface area contributed by atoms with Crippen molar-refractivity contribution in [3.63, 3.8) is 0 Å². The number of ether oxygens (including phenoxy) is 1. The van der Waals surface area contributed by atoms with E-state index >= 15 is 0 Å². The molecule has 0 radical (unpaired) electrons. The SMILES string of the molecule is CCC(CC)c1nc(C(C)(C)C)c(CNCCOC)s1. The van der Waals surface area contributed by atoms with Gasteiger partial charge in [0, 0.05) is 36.4 Å². The van der Waals surface area contributed by atoms with Gasteiger partial charge in [-0.1, -0.05) is 34.6 Å². The lowest BCUT2D eigenvalue weighted by Crippen LogP contribution is -2.21. The van der Waals surface area contributed by atoms with Crippen LogP contribution < -0.4 is 5.32 Å². The minimum atomic E-state index is 0.110. The molecule has 0 aliphatic rings. The second kappa shape index (κ2) is 8.11. The molecule has 0 atom stereocenters. The third-order valence-corrected chi connectivity index (χ3v) is 4.75. The maximum absolute atomic E-state index is 5.08. The molecule has 20 heavy (non-hydrogen) atoms. The van der Waals surface area contributed by atoms with Crippen molar-refractivity contribution in [1.29, 1.82) is 0 Å². The monoisotopic (exact) mass is 298 g/mol. The van der Waals surface area contributed by atoms with Crippen molar-refractivity contribution in [2.24, 2.45) is 0 Å². The molecular formula is C16H30N2OS. The molecule has 0 amide bonds. The summed E-state index contributed by atoms with van der Waals surface area (Å²) >= 11 is 1.89. The minimum absolute atomic E-state index is 0.110. The van der Waals surface area contributed by atoms with Crippen molar-refractivity contribution < 1.29 is 4.74 Å². The zero-order chi connectivity index (χ0) is 15.2. The molecule has 0 aliphatic heterocycles. The highest BCUT2D eigenvalue weighted by Gasteiger charge is 2.24. The van der Waals surface area contributed by atoms with Gasteiger partial charge in [-0.3, -0.25) is 0 Å². The topological polar surface area (TPSA) is 34.2 Å². The maximum atomic E-state index is 5.08. The number of hydrogen-bond acceptors (Lipinski definition) is 4. The van der Waals surface area contributed by atoms with E-state index in [1.165, 1.54) is 28.4 Å².